The fourth-order valence-corrected chi connectivity index (χ4v) is 2.27. The van der Waals surface area contributed by atoms with Gasteiger partial charge in [-0.05, 0) is 12.1 Å². The number of esters is 1. The molecule has 0 aliphatic carbocycles. The third kappa shape index (κ3) is 3.04. The van der Waals surface area contributed by atoms with E-state index in [-0.39, 0.29) is 12.5 Å². The van der Waals surface area contributed by atoms with Crippen LogP contribution in [0.15, 0.2) is 30.6 Å². The molecule has 0 spiro atoms. The van der Waals surface area contributed by atoms with Crippen LogP contribution >= 0.6 is 0 Å². The van der Waals surface area contributed by atoms with Crippen molar-refractivity contribution in [1.29, 1.82) is 0 Å². The smallest absolute Gasteiger partial charge is 0.340 e. The normalized spacial score (nSPS) is 14.8. The molecule has 7 nitrogen and oxygen atoms in total. The predicted molar refractivity (Wildman–Crippen MR) is 77.2 cm³/mol. The highest BCUT2D eigenvalue weighted by Crippen LogP contribution is 2.14. The monoisotopic (exact) mass is 301 g/mol. The second-order valence-electron chi connectivity index (χ2n) is 4.80. The van der Waals surface area contributed by atoms with Gasteiger partial charge in [0.05, 0.1) is 24.3 Å². The van der Waals surface area contributed by atoms with Crippen LogP contribution in [0.4, 0.5) is 0 Å². The SMILES string of the molecule is O=C(OCC(=O)N1CCOCC1)c1cccc2nccnc12. The lowest BCUT2D eigenvalue weighted by molar-refractivity contribution is -0.138. The van der Waals surface area contributed by atoms with Crippen molar-refractivity contribution >= 4 is 22.9 Å². The molecule has 7 heteroatoms. The summed E-state index contributed by atoms with van der Waals surface area (Å²) in [6.45, 7) is 1.79. The number of rotatable bonds is 3. The number of morpholine rings is 1. The summed E-state index contributed by atoms with van der Waals surface area (Å²) >= 11 is 0. The lowest BCUT2D eigenvalue weighted by Gasteiger charge is -2.26. The first-order valence-electron chi connectivity index (χ1n) is 6.98. The summed E-state index contributed by atoms with van der Waals surface area (Å²) in [6, 6.07) is 5.08. The zero-order valence-corrected chi connectivity index (χ0v) is 11.9. The minimum absolute atomic E-state index is 0.219. The molecule has 0 atom stereocenters. The minimum atomic E-state index is -0.576. The Kier molecular flexibility index (Phi) is 4.24. The lowest BCUT2D eigenvalue weighted by atomic mass is 10.2. The molecule has 1 aromatic carbocycles. The van der Waals surface area contributed by atoms with E-state index in [0.29, 0.717) is 42.9 Å². The lowest BCUT2D eigenvalue weighted by Crippen LogP contribution is -2.42. The van der Waals surface area contributed by atoms with Crippen molar-refractivity contribution < 1.29 is 19.1 Å². The molecule has 1 aromatic heterocycles. The van der Waals surface area contributed by atoms with Crippen molar-refractivity contribution in [3.63, 3.8) is 0 Å². The molecule has 2 aromatic rings. The second kappa shape index (κ2) is 6.48. The molecule has 1 amide bonds. The van der Waals surface area contributed by atoms with Crippen LogP contribution in [-0.2, 0) is 14.3 Å². The molecule has 22 heavy (non-hydrogen) atoms. The average Bonchev–Trinajstić information content (AvgIpc) is 2.59. The maximum atomic E-state index is 12.2. The van der Waals surface area contributed by atoms with E-state index in [0.717, 1.165) is 0 Å². The Morgan fingerprint density at radius 1 is 1.18 bits per heavy atom. The van der Waals surface area contributed by atoms with E-state index in [2.05, 4.69) is 9.97 Å². The number of hydrogen-bond donors (Lipinski definition) is 0. The highest BCUT2D eigenvalue weighted by Gasteiger charge is 2.19. The van der Waals surface area contributed by atoms with Crippen molar-refractivity contribution in [2.75, 3.05) is 32.9 Å². The summed E-state index contributed by atoms with van der Waals surface area (Å²) in [6.07, 6.45) is 3.07. The van der Waals surface area contributed by atoms with Gasteiger partial charge in [0.1, 0.15) is 5.52 Å². The summed E-state index contributed by atoms with van der Waals surface area (Å²) < 4.78 is 10.3. The third-order valence-corrected chi connectivity index (χ3v) is 3.41. The number of hydrogen-bond acceptors (Lipinski definition) is 6. The van der Waals surface area contributed by atoms with Gasteiger partial charge in [-0.1, -0.05) is 6.07 Å². The van der Waals surface area contributed by atoms with Crippen molar-refractivity contribution in [1.82, 2.24) is 14.9 Å². The van der Waals surface area contributed by atoms with Gasteiger partial charge in [0.15, 0.2) is 6.61 Å². The quantitative estimate of drug-likeness (QED) is 0.774. The van der Waals surface area contributed by atoms with Crippen LogP contribution in [0.25, 0.3) is 11.0 Å². The molecule has 1 aliphatic rings. The topological polar surface area (TPSA) is 81.6 Å². The van der Waals surface area contributed by atoms with Gasteiger partial charge < -0.3 is 14.4 Å². The van der Waals surface area contributed by atoms with Crippen molar-refractivity contribution in [2.45, 2.75) is 0 Å². The number of nitrogens with zero attached hydrogens (tertiary/aromatic N) is 3. The number of ether oxygens (including phenoxy) is 2. The maximum Gasteiger partial charge on any atom is 0.340 e. The van der Waals surface area contributed by atoms with Gasteiger partial charge in [-0.15, -0.1) is 0 Å². The molecule has 1 saturated heterocycles. The highest BCUT2D eigenvalue weighted by molar-refractivity contribution is 6.02. The zero-order valence-electron chi connectivity index (χ0n) is 11.9. The molecular weight excluding hydrogens is 286 g/mol. The molecule has 3 rings (SSSR count). The van der Waals surface area contributed by atoms with Crippen molar-refractivity contribution in [3.8, 4) is 0 Å². The molecule has 0 N–H and O–H groups in total. The van der Waals surface area contributed by atoms with E-state index < -0.39 is 5.97 Å². The number of fused-ring (bicyclic) bond motifs is 1. The zero-order chi connectivity index (χ0) is 15.4. The first kappa shape index (κ1) is 14.4. The molecule has 1 aliphatic heterocycles. The van der Waals surface area contributed by atoms with Crippen LogP contribution in [0.3, 0.4) is 0 Å². The Morgan fingerprint density at radius 2 is 1.95 bits per heavy atom. The fraction of sp³-hybridized carbons (Fsp3) is 0.333. The minimum Gasteiger partial charge on any atom is -0.452 e. The molecule has 114 valence electrons. The van der Waals surface area contributed by atoms with Gasteiger partial charge in [0.25, 0.3) is 5.91 Å². The van der Waals surface area contributed by atoms with Gasteiger partial charge >= 0.3 is 5.97 Å². The number of benzene rings is 1. The summed E-state index contributed by atoms with van der Waals surface area (Å²) in [5.41, 5.74) is 1.38. The maximum absolute atomic E-state index is 12.2. The molecule has 1 fully saturated rings. The van der Waals surface area contributed by atoms with Crippen molar-refractivity contribution in [2.24, 2.45) is 0 Å². The van der Waals surface area contributed by atoms with Gasteiger partial charge in [-0.25, -0.2) is 4.79 Å². The summed E-state index contributed by atoms with van der Waals surface area (Å²) in [5.74, 6) is -0.796. The van der Waals surface area contributed by atoms with E-state index in [1.165, 1.54) is 6.20 Å². The highest BCUT2D eigenvalue weighted by atomic mass is 16.5. The molecular formula is C15H15N3O4. The first-order valence-corrected chi connectivity index (χ1v) is 6.98. The molecule has 0 radical (unpaired) electrons. The first-order chi connectivity index (χ1) is 10.8. The van der Waals surface area contributed by atoms with Gasteiger partial charge in [-0.3, -0.25) is 14.8 Å². The standard InChI is InChI=1S/C15H15N3O4/c19-13(18-6-8-21-9-7-18)10-22-15(20)11-2-1-3-12-14(11)17-5-4-16-12/h1-5H,6-10H2. The molecule has 0 unspecified atom stereocenters. The van der Waals surface area contributed by atoms with Crippen LogP contribution < -0.4 is 0 Å². The number of para-hydroxylation sites is 1. The number of amides is 1. The third-order valence-electron chi connectivity index (χ3n) is 3.41. The van der Waals surface area contributed by atoms with Crippen molar-refractivity contribution in [3.05, 3.63) is 36.2 Å². The summed E-state index contributed by atoms with van der Waals surface area (Å²) in [7, 11) is 0. The Labute approximate surface area is 126 Å². The van der Waals surface area contributed by atoms with E-state index >= 15 is 0 Å². The average molecular weight is 301 g/mol. The van der Waals surface area contributed by atoms with Gasteiger partial charge in [-0.2, -0.15) is 0 Å². The van der Waals surface area contributed by atoms with Crippen LogP contribution in [0, 0.1) is 0 Å². The Morgan fingerprint density at radius 3 is 2.77 bits per heavy atom. The van der Waals surface area contributed by atoms with Crippen LogP contribution in [0.1, 0.15) is 10.4 Å². The number of carbonyl (C=O) groups excluding carboxylic acids is 2. The summed E-state index contributed by atoms with van der Waals surface area (Å²) in [5, 5.41) is 0. The van der Waals surface area contributed by atoms with E-state index in [4.69, 9.17) is 9.47 Å². The largest absolute Gasteiger partial charge is 0.452 e. The van der Waals surface area contributed by atoms with E-state index in [9.17, 15) is 9.59 Å². The number of carbonyl (C=O) groups is 2. The van der Waals surface area contributed by atoms with E-state index in [1.807, 2.05) is 0 Å². The predicted octanol–water partition coefficient (Wildman–Crippen LogP) is 0.645. The fourth-order valence-electron chi connectivity index (χ4n) is 2.27. The molecule has 0 saturated carbocycles. The Balaban J connectivity index is 1.67. The second-order valence-corrected chi connectivity index (χ2v) is 4.80. The van der Waals surface area contributed by atoms with Gasteiger partial charge in [0.2, 0.25) is 0 Å². The molecule has 2 heterocycles. The van der Waals surface area contributed by atoms with Crippen LogP contribution in [0.2, 0.25) is 0 Å². The Hall–Kier alpha value is -2.54. The Bertz CT molecular complexity index is 693. The molecule has 0 bridgehead atoms. The van der Waals surface area contributed by atoms with Crippen LogP contribution in [-0.4, -0.2) is 59.7 Å². The van der Waals surface area contributed by atoms with Gasteiger partial charge in [0, 0.05) is 25.5 Å². The van der Waals surface area contributed by atoms with Crippen LogP contribution in [0.5, 0.6) is 0 Å². The number of aromatic nitrogens is 2. The van der Waals surface area contributed by atoms with E-state index in [1.54, 1.807) is 29.3 Å². The summed E-state index contributed by atoms with van der Waals surface area (Å²) in [4.78, 5) is 34.0.